The van der Waals surface area contributed by atoms with Crippen LogP contribution >= 0.6 is 11.3 Å². The van der Waals surface area contributed by atoms with Gasteiger partial charge in [0.05, 0.1) is 12.1 Å². The zero-order chi connectivity index (χ0) is 22.1. The number of aliphatic imine (C=N–C) groups is 1. The number of benzene rings is 1. The molecule has 1 unspecified atom stereocenters. The van der Waals surface area contributed by atoms with Gasteiger partial charge in [0, 0.05) is 16.0 Å². The molecular weight excluding hydrogens is 410 g/mol. The number of hydrogen-bond acceptors (Lipinski definition) is 6. The maximum absolute atomic E-state index is 11.6. The van der Waals surface area contributed by atoms with E-state index in [2.05, 4.69) is 48.3 Å². The molecule has 8 heteroatoms. The van der Waals surface area contributed by atoms with Crippen LogP contribution in [-0.2, 0) is 11.2 Å². The number of hydrogen-bond donors (Lipinski definition) is 2. The molecule has 2 aromatic heterocycles. The molecule has 0 fully saturated rings. The molecule has 3 aromatic rings. The third-order valence-electron chi connectivity index (χ3n) is 5.75. The first kappa shape index (κ1) is 21.4. The van der Waals surface area contributed by atoms with Crippen LogP contribution < -0.4 is 5.73 Å². The van der Waals surface area contributed by atoms with Gasteiger partial charge in [0.25, 0.3) is 0 Å². The Hall–Kier alpha value is -2.84. The predicted molar refractivity (Wildman–Crippen MR) is 123 cm³/mol. The standard InChI is InChI=1S/C23H27N5O2S/c1-13-14(2)31-23-20(13)21(17-9-7-16(8-10-17)6-4-5-11-24)25-18(12-19(29)30)22-27-26-15(3)28(22)23/h7-10,18H,4-6,11-12,24H2,1-3H3,(H,29,30). The summed E-state index contributed by atoms with van der Waals surface area (Å²) in [5.41, 5.74) is 10.9. The number of carboxylic acid groups (broad SMARTS) is 1. The van der Waals surface area contributed by atoms with Crippen LogP contribution in [0.15, 0.2) is 29.3 Å². The van der Waals surface area contributed by atoms with E-state index in [1.165, 1.54) is 10.4 Å². The topological polar surface area (TPSA) is 106 Å². The summed E-state index contributed by atoms with van der Waals surface area (Å²) in [4.78, 5) is 17.8. The summed E-state index contributed by atoms with van der Waals surface area (Å²) in [6, 6.07) is 7.83. The van der Waals surface area contributed by atoms with Gasteiger partial charge in [-0.05, 0) is 57.7 Å². The molecule has 1 aromatic carbocycles. The van der Waals surface area contributed by atoms with E-state index in [-0.39, 0.29) is 6.42 Å². The van der Waals surface area contributed by atoms with Crippen LogP contribution in [0, 0.1) is 20.8 Å². The van der Waals surface area contributed by atoms with Crippen molar-refractivity contribution < 1.29 is 9.90 Å². The molecule has 1 aliphatic heterocycles. The summed E-state index contributed by atoms with van der Waals surface area (Å²) in [6.45, 7) is 6.80. The quantitative estimate of drug-likeness (QED) is 0.545. The Kier molecular flexibility index (Phi) is 6.02. The van der Waals surface area contributed by atoms with Crippen molar-refractivity contribution in [1.29, 1.82) is 0 Å². The molecule has 0 bridgehead atoms. The van der Waals surface area contributed by atoms with Crippen LogP contribution in [0.25, 0.3) is 5.00 Å². The molecule has 3 N–H and O–H groups in total. The highest BCUT2D eigenvalue weighted by Crippen LogP contribution is 2.39. The van der Waals surface area contributed by atoms with E-state index in [1.54, 1.807) is 11.3 Å². The van der Waals surface area contributed by atoms with Crippen molar-refractivity contribution in [2.75, 3.05) is 6.54 Å². The minimum atomic E-state index is -0.909. The first-order valence-electron chi connectivity index (χ1n) is 10.5. The zero-order valence-corrected chi connectivity index (χ0v) is 18.9. The first-order valence-corrected chi connectivity index (χ1v) is 11.3. The van der Waals surface area contributed by atoms with E-state index < -0.39 is 12.0 Å². The molecule has 162 valence electrons. The van der Waals surface area contributed by atoms with Gasteiger partial charge in [-0.25, -0.2) is 0 Å². The zero-order valence-electron chi connectivity index (χ0n) is 18.1. The second-order valence-corrected chi connectivity index (χ2v) is 9.14. The maximum atomic E-state index is 11.6. The smallest absolute Gasteiger partial charge is 0.306 e. The fourth-order valence-corrected chi connectivity index (χ4v) is 5.21. The summed E-state index contributed by atoms with van der Waals surface area (Å²) in [6.07, 6.45) is 2.94. The van der Waals surface area contributed by atoms with E-state index in [4.69, 9.17) is 10.7 Å². The van der Waals surface area contributed by atoms with Gasteiger partial charge in [0.1, 0.15) is 16.9 Å². The average molecular weight is 438 g/mol. The van der Waals surface area contributed by atoms with Gasteiger partial charge in [0.2, 0.25) is 0 Å². The fourth-order valence-electron chi connectivity index (χ4n) is 3.99. The first-order chi connectivity index (χ1) is 14.9. The van der Waals surface area contributed by atoms with E-state index in [1.807, 2.05) is 11.5 Å². The Morgan fingerprint density at radius 3 is 2.58 bits per heavy atom. The van der Waals surface area contributed by atoms with Gasteiger partial charge in [-0.1, -0.05) is 24.3 Å². The average Bonchev–Trinajstić information content (AvgIpc) is 3.21. The minimum Gasteiger partial charge on any atom is -0.481 e. The number of carboxylic acids is 1. The van der Waals surface area contributed by atoms with Gasteiger partial charge in [-0.15, -0.1) is 21.5 Å². The van der Waals surface area contributed by atoms with E-state index >= 15 is 0 Å². The van der Waals surface area contributed by atoms with Crippen LogP contribution in [0.2, 0.25) is 0 Å². The molecule has 0 spiro atoms. The Labute approximate surface area is 185 Å². The van der Waals surface area contributed by atoms with Crippen molar-refractivity contribution in [3.05, 3.63) is 63.0 Å². The Morgan fingerprint density at radius 1 is 1.16 bits per heavy atom. The highest BCUT2D eigenvalue weighted by atomic mass is 32.1. The van der Waals surface area contributed by atoms with Crippen molar-refractivity contribution in [3.8, 4) is 5.00 Å². The third-order valence-corrected chi connectivity index (χ3v) is 6.95. The van der Waals surface area contributed by atoms with Crippen LogP contribution in [0.1, 0.15) is 64.1 Å². The summed E-state index contributed by atoms with van der Waals surface area (Å²) in [7, 11) is 0. The van der Waals surface area contributed by atoms with Gasteiger partial charge in [-0.2, -0.15) is 0 Å². The van der Waals surface area contributed by atoms with Gasteiger partial charge >= 0.3 is 5.97 Å². The number of thiophene rings is 1. The lowest BCUT2D eigenvalue weighted by atomic mass is 9.97. The Bertz CT molecular complexity index is 1140. The normalized spacial score (nSPS) is 15.2. The summed E-state index contributed by atoms with van der Waals surface area (Å²) >= 11 is 1.67. The maximum Gasteiger partial charge on any atom is 0.306 e. The molecule has 0 aliphatic carbocycles. The largest absolute Gasteiger partial charge is 0.481 e. The molecule has 0 saturated carbocycles. The summed E-state index contributed by atoms with van der Waals surface area (Å²) < 4.78 is 1.98. The highest BCUT2D eigenvalue weighted by molar-refractivity contribution is 7.15. The van der Waals surface area contributed by atoms with Crippen LogP contribution in [0.3, 0.4) is 0 Å². The molecular formula is C23H27N5O2S. The molecule has 1 atom stereocenters. The second kappa shape index (κ2) is 8.72. The monoisotopic (exact) mass is 437 g/mol. The molecule has 0 radical (unpaired) electrons. The number of nitrogens with zero attached hydrogens (tertiary/aromatic N) is 4. The number of unbranched alkanes of at least 4 members (excludes halogenated alkanes) is 1. The number of nitrogens with two attached hydrogens (primary N) is 1. The lowest BCUT2D eigenvalue weighted by molar-refractivity contribution is -0.137. The Morgan fingerprint density at radius 2 is 1.90 bits per heavy atom. The number of carbonyl (C=O) groups is 1. The highest BCUT2D eigenvalue weighted by Gasteiger charge is 2.32. The van der Waals surface area contributed by atoms with E-state index in [0.29, 0.717) is 12.4 Å². The second-order valence-electron chi connectivity index (χ2n) is 7.94. The van der Waals surface area contributed by atoms with Crippen LogP contribution in [0.4, 0.5) is 0 Å². The van der Waals surface area contributed by atoms with Crippen LogP contribution in [-0.4, -0.2) is 38.1 Å². The van der Waals surface area contributed by atoms with Gasteiger partial charge < -0.3 is 10.8 Å². The van der Waals surface area contributed by atoms with Crippen LogP contribution in [0.5, 0.6) is 0 Å². The van der Waals surface area contributed by atoms with E-state index in [0.717, 1.165) is 52.5 Å². The molecule has 4 rings (SSSR count). The molecule has 1 aliphatic rings. The molecule has 0 saturated heterocycles. The van der Waals surface area contributed by atoms with E-state index in [9.17, 15) is 9.90 Å². The van der Waals surface area contributed by atoms with Crippen molar-refractivity contribution in [2.45, 2.75) is 52.5 Å². The number of aliphatic carboxylic acids is 1. The third kappa shape index (κ3) is 4.05. The van der Waals surface area contributed by atoms with Gasteiger partial charge in [-0.3, -0.25) is 14.4 Å². The Balaban J connectivity index is 1.84. The predicted octanol–water partition coefficient (Wildman–Crippen LogP) is 3.90. The van der Waals surface area contributed by atoms with Crippen molar-refractivity contribution in [3.63, 3.8) is 0 Å². The van der Waals surface area contributed by atoms with Gasteiger partial charge in [0.15, 0.2) is 5.82 Å². The molecule has 31 heavy (non-hydrogen) atoms. The lowest BCUT2D eigenvalue weighted by Gasteiger charge is -2.11. The molecule has 3 heterocycles. The number of aryl methyl sites for hydroxylation is 3. The summed E-state index contributed by atoms with van der Waals surface area (Å²) in [5.74, 6) is 0.407. The minimum absolute atomic E-state index is 0.133. The SMILES string of the molecule is Cc1sc2c(c1C)C(c1ccc(CCCCN)cc1)=NC(CC(=O)O)c1nnc(C)n1-2. The number of aromatic nitrogens is 3. The van der Waals surface area contributed by atoms with Crippen molar-refractivity contribution in [2.24, 2.45) is 10.7 Å². The fraction of sp³-hybridized carbons (Fsp3) is 0.391. The van der Waals surface area contributed by atoms with Crippen molar-refractivity contribution in [1.82, 2.24) is 14.8 Å². The molecule has 0 amide bonds. The number of rotatable bonds is 7. The van der Waals surface area contributed by atoms with Crippen molar-refractivity contribution >= 4 is 23.0 Å². The number of fused-ring (bicyclic) bond motifs is 3. The summed E-state index contributed by atoms with van der Waals surface area (Å²) in [5, 5.41) is 19.1. The molecule has 7 nitrogen and oxygen atoms in total. The lowest BCUT2D eigenvalue weighted by Crippen LogP contribution is -2.10.